The molecule has 0 aliphatic rings. The van der Waals surface area contributed by atoms with Crippen molar-refractivity contribution in [2.45, 2.75) is 25.6 Å². The quantitative estimate of drug-likeness (QED) is 0.602. The first-order valence-corrected chi connectivity index (χ1v) is 7.94. The summed E-state index contributed by atoms with van der Waals surface area (Å²) in [6.07, 6.45) is 0. The molecule has 0 saturated carbocycles. The molecular formula is C12H12BrClS2. The largest absolute Gasteiger partial charge is 0.145 e. The molecule has 0 amide bonds. The Balaban J connectivity index is 2.42. The lowest BCUT2D eigenvalue weighted by molar-refractivity contribution is 1.24. The minimum atomic E-state index is 0.234. The van der Waals surface area contributed by atoms with Crippen molar-refractivity contribution in [1.29, 1.82) is 0 Å². The fraction of sp³-hybridized carbons (Fsp3) is 0.333. The average molecular weight is 336 g/mol. The third-order valence-electron chi connectivity index (χ3n) is 2.46. The summed E-state index contributed by atoms with van der Waals surface area (Å²) in [5.74, 6) is 0. The molecule has 86 valence electrons. The molecule has 0 nitrogen and oxygen atoms in total. The normalized spacial score (nSPS) is 13.1. The standard InChI is InChI=1S/C12H12BrClS2/c1-6-4-8(3)16-11(6)9(13)12-10(14)7(2)5-15-12/h4-5,9H,1-3H3. The van der Waals surface area contributed by atoms with E-state index in [4.69, 9.17) is 11.6 Å². The minimum absolute atomic E-state index is 0.234. The zero-order valence-electron chi connectivity index (χ0n) is 9.30. The van der Waals surface area contributed by atoms with Gasteiger partial charge in [0.2, 0.25) is 0 Å². The Hall–Kier alpha value is 0.170. The lowest BCUT2D eigenvalue weighted by Crippen LogP contribution is -1.89. The van der Waals surface area contributed by atoms with E-state index in [1.165, 1.54) is 20.2 Å². The van der Waals surface area contributed by atoms with E-state index in [2.05, 4.69) is 48.1 Å². The number of hydrogen-bond acceptors (Lipinski definition) is 2. The zero-order valence-corrected chi connectivity index (χ0v) is 13.3. The Morgan fingerprint density at radius 3 is 2.31 bits per heavy atom. The summed E-state index contributed by atoms with van der Waals surface area (Å²) in [6, 6.07) is 2.22. The highest BCUT2D eigenvalue weighted by Crippen LogP contribution is 2.44. The first-order chi connectivity index (χ1) is 7.50. The molecule has 0 saturated heterocycles. The van der Waals surface area contributed by atoms with Gasteiger partial charge < -0.3 is 0 Å². The molecule has 0 radical (unpaired) electrons. The summed E-state index contributed by atoms with van der Waals surface area (Å²) in [5, 5.41) is 3.01. The fourth-order valence-corrected chi connectivity index (χ4v) is 5.36. The van der Waals surface area contributed by atoms with Gasteiger partial charge in [0.15, 0.2) is 0 Å². The van der Waals surface area contributed by atoms with Gasteiger partial charge in [0.05, 0.1) is 9.85 Å². The predicted molar refractivity (Wildman–Crippen MR) is 78.6 cm³/mol. The molecule has 0 fully saturated rings. The van der Waals surface area contributed by atoms with Crippen molar-refractivity contribution in [3.8, 4) is 0 Å². The van der Waals surface area contributed by atoms with Crippen molar-refractivity contribution >= 4 is 50.2 Å². The Labute approximate surface area is 117 Å². The monoisotopic (exact) mass is 334 g/mol. The smallest absolute Gasteiger partial charge is 0.0848 e. The van der Waals surface area contributed by atoms with E-state index in [1.807, 2.05) is 11.3 Å². The molecule has 2 aromatic rings. The summed E-state index contributed by atoms with van der Waals surface area (Å²) in [7, 11) is 0. The highest BCUT2D eigenvalue weighted by molar-refractivity contribution is 9.09. The molecule has 0 bridgehead atoms. The van der Waals surface area contributed by atoms with Gasteiger partial charge in [0.25, 0.3) is 0 Å². The number of aryl methyl sites for hydroxylation is 3. The summed E-state index contributed by atoms with van der Waals surface area (Å²) < 4.78 is 0. The third kappa shape index (κ3) is 2.23. The molecule has 1 atom stereocenters. The molecule has 1 unspecified atom stereocenters. The first kappa shape index (κ1) is 12.6. The second-order valence-corrected chi connectivity index (χ2v) is 7.36. The molecule has 16 heavy (non-hydrogen) atoms. The van der Waals surface area contributed by atoms with E-state index in [0.29, 0.717) is 0 Å². The van der Waals surface area contributed by atoms with Crippen LogP contribution in [-0.2, 0) is 0 Å². The highest BCUT2D eigenvalue weighted by atomic mass is 79.9. The van der Waals surface area contributed by atoms with Crippen LogP contribution in [0, 0.1) is 20.8 Å². The van der Waals surface area contributed by atoms with Crippen LogP contribution in [0.25, 0.3) is 0 Å². The third-order valence-corrected chi connectivity index (χ3v) is 6.98. The zero-order chi connectivity index (χ0) is 11.9. The molecule has 0 N–H and O–H groups in total. The van der Waals surface area contributed by atoms with Gasteiger partial charge >= 0.3 is 0 Å². The van der Waals surface area contributed by atoms with Crippen LogP contribution in [0.3, 0.4) is 0 Å². The second kappa shape index (κ2) is 4.81. The van der Waals surface area contributed by atoms with Crippen molar-refractivity contribution in [2.24, 2.45) is 0 Å². The van der Waals surface area contributed by atoms with E-state index in [9.17, 15) is 0 Å². The molecule has 0 aromatic carbocycles. The molecule has 0 spiro atoms. The van der Waals surface area contributed by atoms with E-state index >= 15 is 0 Å². The van der Waals surface area contributed by atoms with Gasteiger partial charge in [-0.1, -0.05) is 27.5 Å². The number of rotatable bonds is 2. The Kier molecular flexibility index (Phi) is 3.79. The van der Waals surface area contributed by atoms with E-state index in [1.54, 1.807) is 11.3 Å². The molecule has 2 aromatic heterocycles. The van der Waals surface area contributed by atoms with E-state index < -0.39 is 0 Å². The first-order valence-electron chi connectivity index (χ1n) is 4.95. The van der Waals surface area contributed by atoms with Crippen molar-refractivity contribution in [3.05, 3.63) is 42.2 Å². The highest BCUT2D eigenvalue weighted by Gasteiger charge is 2.20. The van der Waals surface area contributed by atoms with Gasteiger partial charge in [0, 0.05) is 14.6 Å². The van der Waals surface area contributed by atoms with Gasteiger partial charge in [-0.25, -0.2) is 0 Å². The van der Waals surface area contributed by atoms with Crippen molar-refractivity contribution < 1.29 is 0 Å². The van der Waals surface area contributed by atoms with Crippen LogP contribution in [0.15, 0.2) is 11.4 Å². The van der Waals surface area contributed by atoms with Crippen LogP contribution in [0.4, 0.5) is 0 Å². The average Bonchev–Trinajstić information content (AvgIpc) is 2.71. The van der Waals surface area contributed by atoms with Crippen LogP contribution in [0.2, 0.25) is 5.02 Å². The van der Waals surface area contributed by atoms with Crippen molar-refractivity contribution in [2.75, 3.05) is 0 Å². The molecule has 2 rings (SSSR count). The SMILES string of the molecule is Cc1cc(C)c(C(Br)c2scc(C)c2Cl)s1. The summed E-state index contributed by atoms with van der Waals surface area (Å²) in [5.41, 5.74) is 2.50. The Morgan fingerprint density at radius 2 is 1.88 bits per heavy atom. The Bertz CT molecular complexity index is 511. The number of hydrogen-bond donors (Lipinski definition) is 0. The topological polar surface area (TPSA) is 0 Å². The molecule has 0 aliphatic heterocycles. The number of alkyl halides is 1. The van der Waals surface area contributed by atoms with Gasteiger partial charge in [-0.15, -0.1) is 22.7 Å². The fourth-order valence-electron chi connectivity index (χ4n) is 1.65. The second-order valence-electron chi connectivity index (χ2n) is 3.86. The maximum absolute atomic E-state index is 6.30. The predicted octanol–water partition coefficient (Wildman–Crippen LogP) is 5.87. The molecular weight excluding hydrogens is 324 g/mol. The minimum Gasteiger partial charge on any atom is -0.145 e. The van der Waals surface area contributed by atoms with Crippen LogP contribution in [0.1, 0.15) is 30.6 Å². The van der Waals surface area contributed by atoms with Gasteiger partial charge in [-0.3, -0.25) is 0 Å². The molecule has 2 heterocycles. The van der Waals surface area contributed by atoms with E-state index in [0.717, 1.165) is 10.6 Å². The van der Waals surface area contributed by atoms with Crippen molar-refractivity contribution in [3.63, 3.8) is 0 Å². The van der Waals surface area contributed by atoms with E-state index in [-0.39, 0.29) is 4.83 Å². The van der Waals surface area contributed by atoms with Crippen LogP contribution >= 0.6 is 50.2 Å². The number of halogens is 2. The van der Waals surface area contributed by atoms with Gasteiger partial charge in [-0.2, -0.15) is 0 Å². The lowest BCUT2D eigenvalue weighted by atomic mass is 10.2. The molecule has 4 heteroatoms. The lowest BCUT2D eigenvalue weighted by Gasteiger charge is -2.07. The van der Waals surface area contributed by atoms with Gasteiger partial charge in [0.1, 0.15) is 0 Å². The maximum Gasteiger partial charge on any atom is 0.0848 e. The summed E-state index contributed by atoms with van der Waals surface area (Å²) in [6.45, 7) is 6.35. The van der Waals surface area contributed by atoms with Crippen molar-refractivity contribution in [1.82, 2.24) is 0 Å². The summed E-state index contributed by atoms with van der Waals surface area (Å²) >= 11 is 13.6. The number of thiophene rings is 2. The molecule has 0 aliphatic carbocycles. The van der Waals surface area contributed by atoms with Crippen LogP contribution < -0.4 is 0 Å². The van der Waals surface area contributed by atoms with Gasteiger partial charge in [-0.05, 0) is 43.3 Å². The van der Waals surface area contributed by atoms with Crippen LogP contribution in [0.5, 0.6) is 0 Å². The maximum atomic E-state index is 6.30. The summed E-state index contributed by atoms with van der Waals surface area (Å²) in [4.78, 5) is 4.16. The van der Waals surface area contributed by atoms with Crippen LogP contribution in [-0.4, -0.2) is 0 Å². The Morgan fingerprint density at radius 1 is 1.19 bits per heavy atom.